The maximum absolute atomic E-state index is 13.1. The summed E-state index contributed by atoms with van der Waals surface area (Å²) in [6, 6.07) is 2.05. The third-order valence-corrected chi connectivity index (χ3v) is 6.90. The Morgan fingerprint density at radius 3 is 2.88 bits per heavy atom. The highest BCUT2D eigenvalue weighted by atomic mass is 16.5. The molecular weight excluding hydrogens is 330 g/mol. The van der Waals surface area contributed by atoms with Crippen LogP contribution in [0.25, 0.3) is 0 Å². The van der Waals surface area contributed by atoms with Crippen molar-refractivity contribution < 1.29 is 14.3 Å². The second kappa shape index (κ2) is 6.34. The maximum atomic E-state index is 13.1. The molecule has 0 aromatic carbocycles. The Balaban J connectivity index is 1.31. The van der Waals surface area contributed by atoms with Crippen LogP contribution in [0, 0.1) is 5.92 Å². The lowest BCUT2D eigenvalue weighted by Gasteiger charge is -2.43. The number of aromatic nitrogens is 2. The van der Waals surface area contributed by atoms with Crippen LogP contribution in [-0.4, -0.2) is 59.0 Å². The number of methoxy groups -OCH3 is 1. The number of amides is 1. The molecule has 1 saturated heterocycles. The monoisotopic (exact) mass is 359 g/mol. The van der Waals surface area contributed by atoms with Crippen molar-refractivity contribution in [1.29, 1.82) is 0 Å². The summed E-state index contributed by atoms with van der Waals surface area (Å²) in [5.41, 5.74) is 1.46. The lowest BCUT2D eigenvalue weighted by Crippen LogP contribution is -2.53. The quantitative estimate of drug-likeness (QED) is 0.848. The molecular formula is C20H29N3O3. The molecule has 0 spiro atoms. The number of rotatable bonds is 6. The summed E-state index contributed by atoms with van der Waals surface area (Å²) in [7, 11) is 1.80. The van der Waals surface area contributed by atoms with Crippen LogP contribution in [0.15, 0.2) is 6.07 Å². The second-order valence-corrected chi connectivity index (χ2v) is 8.69. The fraction of sp³-hybridized carbons (Fsp3) is 0.800. The first-order valence-corrected chi connectivity index (χ1v) is 10.2. The van der Waals surface area contributed by atoms with Crippen LogP contribution in [0.5, 0.6) is 0 Å². The molecule has 1 amide bonds. The van der Waals surface area contributed by atoms with Crippen LogP contribution >= 0.6 is 0 Å². The van der Waals surface area contributed by atoms with Crippen LogP contribution in [-0.2, 0) is 9.47 Å². The number of nitrogens with zero attached hydrogens (tertiary/aromatic N) is 2. The number of carbonyl (C=O) groups excluding carboxylic acids is 1. The van der Waals surface area contributed by atoms with Crippen LogP contribution in [0.4, 0.5) is 0 Å². The Morgan fingerprint density at radius 2 is 2.15 bits per heavy atom. The fourth-order valence-corrected chi connectivity index (χ4v) is 4.81. The molecule has 26 heavy (non-hydrogen) atoms. The number of H-pyrrole nitrogens is 1. The average Bonchev–Trinajstić information content (AvgIpc) is 3.60. The predicted octanol–water partition coefficient (Wildman–Crippen LogP) is 2.87. The first-order valence-electron chi connectivity index (χ1n) is 10.2. The Hall–Kier alpha value is -1.40. The molecule has 0 unspecified atom stereocenters. The first kappa shape index (κ1) is 16.8. The third kappa shape index (κ3) is 2.97. The SMILES string of the molecule is CO[C@@]12CC[C@@H](OCC3CC3)C[C@@H]1N(C(=O)c1cc(C3CC3)[nH]n1)CC2. The standard InChI is InChI=1S/C20H29N3O3/c1-25-20-7-6-15(26-12-13-2-3-13)10-18(20)23(9-8-20)19(24)17-11-16(21-22-17)14-4-5-14/h11,13-15,18H,2-10,12H2,1H3,(H,21,22)/t15-,18+,20-/m1/s1. The highest BCUT2D eigenvalue weighted by molar-refractivity contribution is 5.93. The van der Waals surface area contributed by atoms with Gasteiger partial charge in [0.1, 0.15) is 5.69 Å². The maximum Gasteiger partial charge on any atom is 0.274 e. The van der Waals surface area contributed by atoms with Crippen molar-refractivity contribution in [3.8, 4) is 0 Å². The van der Waals surface area contributed by atoms with Gasteiger partial charge in [0.05, 0.1) is 17.7 Å². The van der Waals surface area contributed by atoms with E-state index in [2.05, 4.69) is 10.2 Å². The van der Waals surface area contributed by atoms with E-state index in [4.69, 9.17) is 9.47 Å². The van der Waals surface area contributed by atoms with E-state index in [0.717, 1.165) is 50.4 Å². The third-order valence-electron chi connectivity index (χ3n) is 6.90. The van der Waals surface area contributed by atoms with Gasteiger partial charge in [0.15, 0.2) is 0 Å². The molecule has 0 bridgehead atoms. The molecule has 3 aliphatic carbocycles. The van der Waals surface area contributed by atoms with Crippen molar-refractivity contribution in [1.82, 2.24) is 15.1 Å². The van der Waals surface area contributed by atoms with Gasteiger partial charge in [0, 0.05) is 31.9 Å². The zero-order valence-corrected chi connectivity index (χ0v) is 15.6. The number of fused-ring (bicyclic) bond motifs is 1. The summed E-state index contributed by atoms with van der Waals surface area (Å²) in [6.07, 6.45) is 9.08. The number of hydrogen-bond acceptors (Lipinski definition) is 4. The Bertz CT molecular complexity index is 682. The zero-order valence-electron chi connectivity index (χ0n) is 15.6. The summed E-state index contributed by atoms with van der Waals surface area (Å²) in [6.45, 7) is 1.63. The molecule has 6 nitrogen and oxygen atoms in total. The number of nitrogens with one attached hydrogen (secondary N) is 1. The molecule has 3 saturated carbocycles. The van der Waals surface area contributed by atoms with Gasteiger partial charge in [0.2, 0.25) is 0 Å². The van der Waals surface area contributed by atoms with E-state index in [9.17, 15) is 4.79 Å². The molecule has 142 valence electrons. The topological polar surface area (TPSA) is 67.5 Å². The largest absolute Gasteiger partial charge is 0.378 e. The van der Waals surface area contributed by atoms with Crippen LogP contribution in [0.2, 0.25) is 0 Å². The van der Waals surface area contributed by atoms with E-state index in [1.807, 2.05) is 11.0 Å². The highest BCUT2D eigenvalue weighted by Crippen LogP contribution is 2.44. The molecule has 2 heterocycles. The first-order chi connectivity index (χ1) is 12.7. The van der Waals surface area contributed by atoms with Gasteiger partial charge >= 0.3 is 0 Å². The molecule has 4 aliphatic rings. The van der Waals surface area contributed by atoms with Gasteiger partial charge in [-0.2, -0.15) is 5.10 Å². The van der Waals surface area contributed by atoms with E-state index >= 15 is 0 Å². The van der Waals surface area contributed by atoms with E-state index in [0.29, 0.717) is 11.6 Å². The molecule has 1 aliphatic heterocycles. The number of ether oxygens (including phenoxy) is 2. The Morgan fingerprint density at radius 1 is 1.31 bits per heavy atom. The highest BCUT2D eigenvalue weighted by Gasteiger charge is 2.53. The number of hydrogen-bond donors (Lipinski definition) is 1. The summed E-state index contributed by atoms with van der Waals surface area (Å²) in [5.74, 6) is 1.39. The van der Waals surface area contributed by atoms with Crippen molar-refractivity contribution >= 4 is 5.91 Å². The van der Waals surface area contributed by atoms with Gasteiger partial charge in [-0.1, -0.05) is 0 Å². The van der Waals surface area contributed by atoms with Crippen LogP contribution in [0.3, 0.4) is 0 Å². The van der Waals surface area contributed by atoms with Gasteiger partial charge in [0.25, 0.3) is 5.91 Å². The molecule has 0 radical (unpaired) electrons. The number of aromatic amines is 1. The van der Waals surface area contributed by atoms with Crippen molar-refractivity contribution in [3.63, 3.8) is 0 Å². The predicted molar refractivity (Wildman–Crippen MR) is 96.1 cm³/mol. The van der Waals surface area contributed by atoms with Gasteiger partial charge in [-0.15, -0.1) is 0 Å². The molecule has 1 aromatic rings. The lowest BCUT2D eigenvalue weighted by atomic mass is 9.79. The molecule has 4 fully saturated rings. The minimum atomic E-state index is -0.204. The van der Waals surface area contributed by atoms with Crippen molar-refractivity contribution in [2.24, 2.45) is 5.92 Å². The van der Waals surface area contributed by atoms with Gasteiger partial charge in [-0.25, -0.2) is 0 Å². The van der Waals surface area contributed by atoms with Crippen molar-refractivity contribution in [2.45, 2.75) is 75.0 Å². The van der Waals surface area contributed by atoms with E-state index < -0.39 is 0 Å². The molecule has 1 N–H and O–H groups in total. The minimum Gasteiger partial charge on any atom is -0.378 e. The summed E-state index contributed by atoms with van der Waals surface area (Å²) in [4.78, 5) is 15.1. The van der Waals surface area contributed by atoms with Crippen molar-refractivity contribution in [2.75, 3.05) is 20.3 Å². The minimum absolute atomic E-state index is 0.0416. The fourth-order valence-electron chi connectivity index (χ4n) is 4.81. The van der Waals surface area contributed by atoms with E-state index in [1.165, 1.54) is 25.7 Å². The van der Waals surface area contributed by atoms with E-state index in [1.54, 1.807) is 7.11 Å². The van der Waals surface area contributed by atoms with E-state index in [-0.39, 0.29) is 23.7 Å². The summed E-state index contributed by atoms with van der Waals surface area (Å²) in [5, 5.41) is 7.37. The van der Waals surface area contributed by atoms with Crippen molar-refractivity contribution in [3.05, 3.63) is 17.5 Å². The van der Waals surface area contributed by atoms with Crippen LogP contribution in [0.1, 0.15) is 73.5 Å². The normalized spacial score (nSPS) is 34.1. The molecule has 6 heteroatoms. The Labute approximate surface area is 154 Å². The second-order valence-electron chi connectivity index (χ2n) is 8.69. The molecule has 5 rings (SSSR count). The average molecular weight is 359 g/mol. The molecule has 3 atom stereocenters. The van der Waals surface area contributed by atoms with Gasteiger partial charge in [-0.3, -0.25) is 9.89 Å². The summed E-state index contributed by atoms with van der Waals surface area (Å²) < 4.78 is 12.1. The molecule has 1 aromatic heterocycles. The lowest BCUT2D eigenvalue weighted by molar-refractivity contribution is -0.0977. The zero-order chi connectivity index (χ0) is 17.7. The summed E-state index contributed by atoms with van der Waals surface area (Å²) >= 11 is 0. The van der Waals surface area contributed by atoms with Crippen LogP contribution < -0.4 is 0 Å². The van der Waals surface area contributed by atoms with Gasteiger partial charge in [-0.05, 0) is 63.4 Å². The number of carbonyl (C=O) groups is 1. The smallest absolute Gasteiger partial charge is 0.274 e. The number of likely N-dealkylation sites (tertiary alicyclic amines) is 1. The Kier molecular flexibility index (Phi) is 4.09. The van der Waals surface area contributed by atoms with Gasteiger partial charge < -0.3 is 14.4 Å².